The first kappa shape index (κ1) is 13.8. The second-order valence-electron chi connectivity index (χ2n) is 4.18. The van der Waals surface area contributed by atoms with E-state index in [1.165, 1.54) is 7.11 Å². The summed E-state index contributed by atoms with van der Waals surface area (Å²) in [6.45, 7) is 2.42. The van der Waals surface area contributed by atoms with Gasteiger partial charge in [-0.15, -0.1) is 0 Å². The molecule has 1 aromatic carbocycles. The first-order chi connectivity index (χ1) is 8.49. The molecule has 0 saturated heterocycles. The van der Waals surface area contributed by atoms with Crippen molar-refractivity contribution in [3.8, 4) is 6.07 Å². The normalized spacial score (nSPS) is 11.4. The minimum absolute atomic E-state index is 0.0883. The SMILES string of the molecule is COC(=O)c1ccc(N(C)CC(C)C#N)c(N)c1. The minimum Gasteiger partial charge on any atom is -0.465 e. The number of anilines is 2. The molecule has 96 valence electrons. The summed E-state index contributed by atoms with van der Waals surface area (Å²) in [7, 11) is 3.19. The average Bonchev–Trinajstić information content (AvgIpc) is 2.37. The van der Waals surface area contributed by atoms with Crippen LogP contribution in [0.2, 0.25) is 0 Å². The topological polar surface area (TPSA) is 79.3 Å². The van der Waals surface area contributed by atoms with Crippen LogP contribution >= 0.6 is 0 Å². The number of ether oxygens (including phenoxy) is 1. The van der Waals surface area contributed by atoms with E-state index in [9.17, 15) is 4.79 Å². The van der Waals surface area contributed by atoms with Crippen LogP contribution in [0.5, 0.6) is 0 Å². The van der Waals surface area contributed by atoms with Crippen molar-refractivity contribution in [3.63, 3.8) is 0 Å². The molecule has 0 bridgehead atoms. The van der Waals surface area contributed by atoms with Gasteiger partial charge in [-0.2, -0.15) is 5.26 Å². The second-order valence-corrected chi connectivity index (χ2v) is 4.18. The van der Waals surface area contributed by atoms with Crippen molar-refractivity contribution >= 4 is 17.3 Å². The van der Waals surface area contributed by atoms with Crippen molar-refractivity contribution in [2.45, 2.75) is 6.92 Å². The summed E-state index contributed by atoms with van der Waals surface area (Å²) in [5.41, 5.74) is 7.60. The molecule has 0 spiro atoms. The van der Waals surface area contributed by atoms with Crippen LogP contribution < -0.4 is 10.6 Å². The van der Waals surface area contributed by atoms with Crippen molar-refractivity contribution in [2.75, 3.05) is 31.3 Å². The molecule has 0 fully saturated rings. The van der Waals surface area contributed by atoms with E-state index in [0.29, 0.717) is 17.8 Å². The van der Waals surface area contributed by atoms with E-state index in [4.69, 9.17) is 11.0 Å². The highest BCUT2D eigenvalue weighted by molar-refractivity contribution is 5.91. The molecule has 0 aromatic heterocycles. The molecule has 1 rings (SSSR count). The van der Waals surface area contributed by atoms with Gasteiger partial charge in [0.1, 0.15) is 0 Å². The Hall–Kier alpha value is -2.22. The molecule has 0 heterocycles. The third-order valence-electron chi connectivity index (χ3n) is 2.63. The summed E-state index contributed by atoms with van der Waals surface area (Å²) in [6.07, 6.45) is 0. The summed E-state index contributed by atoms with van der Waals surface area (Å²) in [4.78, 5) is 13.2. The van der Waals surface area contributed by atoms with Gasteiger partial charge in [0.2, 0.25) is 0 Å². The molecule has 1 atom stereocenters. The molecule has 0 aliphatic carbocycles. The Balaban J connectivity index is 2.92. The number of carbonyl (C=O) groups is 1. The molecule has 0 radical (unpaired) electrons. The quantitative estimate of drug-likeness (QED) is 0.646. The van der Waals surface area contributed by atoms with Gasteiger partial charge in [-0.3, -0.25) is 0 Å². The van der Waals surface area contributed by atoms with E-state index in [2.05, 4.69) is 10.8 Å². The lowest BCUT2D eigenvalue weighted by molar-refractivity contribution is 0.0601. The van der Waals surface area contributed by atoms with Crippen molar-refractivity contribution in [3.05, 3.63) is 23.8 Å². The number of methoxy groups -OCH3 is 1. The van der Waals surface area contributed by atoms with E-state index in [-0.39, 0.29) is 5.92 Å². The number of benzene rings is 1. The molecule has 0 aliphatic rings. The summed E-state index contributed by atoms with van der Waals surface area (Å²) < 4.78 is 4.62. The predicted molar refractivity (Wildman–Crippen MR) is 70.2 cm³/mol. The molecule has 18 heavy (non-hydrogen) atoms. The molecular weight excluding hydrogens is 230 g/mol. The van der Waals surface area contributed by atoms with Gasteiger partial charge < -0.3 is 15.4 Å². The highest BCUT2D eigenvalue weighted by Crippen LogP contribution is 2.24. The van der Waals surface area contributed by atoms with Gasteiger partial charge in [-0.1, -0.05) is 0 Å². The molecule has 2 N–H and O–H groups in total. The zero-order valence-electron chi connectivity index (χ0n) is 10.8. The van der Waals surface area contributed by atoms with Crippen LogP contribution in [0.4, 0.5) is 11.4 Å². The highest BCUT2D eigenvalue weighted by Gasteiger charge is 2.12. The lowest BCUT2D eigenvalue weighted by Crippen LogP contribution is -2.24. The Morgan fingerprint density at radius 1 is 1.61 bits per heavy atom. The smallest absolute Gasteiger partial charge is 0.337 e. The van der Waals surface area contributed by atoms with Crippen LogP contribution in [0.1, 0.15) is 17.3 Å². The minimum atomic E-state index is -0.415. The molecule has 1 aromatic rings. The molecule has 5 nitrogen and oxygen atoms in total. The average molecular weight is 247 g/mol. The monoisotopic (exact) mass is 247 g/mol. The fourth-order valence-corrected chi connectivity index (χ4v) is 1.70. The van der Waals surface area contributed by atoms with Crippen LogP contribution in [-0.2, 0) is 4.74 Å². The van der Waals surface area contributed by atoms with Gasteiger partial charge in [0.25, 0.3) is 0 Å². The summed E-state index contributed by atoms with van der Waals surface area (Å²) >= 11 is 0. The summed E-state index contributed by atoms with van der Waals surface area (Å²) in [5.74, 6) is -0.504. The van der Waals surface area contributed by atoms with E-state index in [1.807, 2.05) is 18.9 Å². The zero-order valence-corrected chi connectivity index (χ0v) is 10.8. The van der Waals surface area contributed by atoms with Gasteiger partial charge >= 0.3 is 5.97 Å². The zero-order chi connectivity index (χ0) is 13.7. The second kappa shape index (κ2) is 5.92. The number of nitriles is 1. The number of nitrogens with two attached hydrogens (primary N) is 1. The van der Waals surface area contributed by atoms with Crippen molar-refractivity contribution in [1.82, 2.24) is 0 Å². The lowest BCUT2D eigenvalue weighted by atomic mass is 10.1. The molecule has 0 amide bonds. The van der Waals surface area contributed by atoms with Gasteiger partial charge in [-0.05, 0) is 25.1 Å². The molecule has 0 saturated carbocycles. The number of hydrogen-bond acceptors (Lipinski definition) is 5. The Bertz CT molecular complexity index is 480. The van der Waals surface area contributed by atoms with Gasteiger partial charge in [0.15, 0.2) is 0 Å². The highest BCUT2D eigenvalue weighted by atomic mass is 16.5. The number of nitrogen functional groups attached to an aromatic ring is 1. The van der Waals surface area contributed by atoms with Crippen LogP contribution in [0, 0.1) is 17.2 Å². The van der Waals surface area contributed by atoms with Gasteiger partial charge in [0.05, 0.1) is 36.0 Å². The maximum atomic E-state index is 11.3. The fourth-order valence-electron chi connectivity index (χ4n) is 1.70. The molecule has 1 unspecified atom stereocenters. The number of nitrogens with zero attached hydrogens (tertiary/aromatic N) is 2. The van der Waals surface area contributed by atoms with E-state index in [1.54, 1.807) is 18.2 Å². The van der Waals surface area contributed by atoms with Crippen LogP contribution in [0.25, 0.3) is 0 Å². The number of carbonyl (C=O) groups excluding carboxylic acids is 1. The number of esters is 1. The Morgan fingerprint density at radius 3 is 2.78 bits per heavy atom. The Morgan fingerprint density at radius 2 is 2.28 bits per heavy atom. The van der Waals surface area contributed by atoms with Crippen molar-refractivity contribution in [1.29, 1.82) is 5.26 Å². The Kier molecular flexibility index (Phi) is 4.55. The molecule has 5 heteroatoms. The first-order valence-corrected chi connectivity index (χ1v) is 5.58. The maximum absolute atomic E-state index is 11.3. The van der Waals surface area contributed by atoms with Gasteiger partial charge in [0, 0.05) is 13.6 Å². The van der Waals surface area contributed by atoms with E-state index in [0.717, 1.165) is 5.69 Å². The van der Waals surface area contributed by atoms with Crippen LogP contribution in [0.3, 0.4) is 0 Å². The third kappa shape index (κ3) is 3.14. The predicted octanol–water partition coefficient (Wildman–Crippen LogP) is 1.65. The van der Waals surface area contributed by atoms with E-state index >= 15 is 0 Å². The Labute approximate surface area is 107 Å². The summed E-state index contributed by atoms with van der Waals surface area (Å²) in [5, 5.41) is 8.78. The third-order valence-corrected chi connectivity index (χ3v) is 2.63. The van der Waals surface area contributed by atoms with Crippen molar-refractivity contribution in [2.24, 2.45) is 5.92 Å². The lowest BCUT2D eigenvalue weighted by Gasteiger charge is -2.22. The fraction of sp³-hybridized carbons (Fsp3) is 0.385. The van der Waals surface area contributed by atoms with Crippen LogP contribution in [-0.4, -0.2) is 26.7 Å². The van der Waals surface area contributed by atoms with Crippen molar-refractivity contribution < 1.29 is 9.53 Å². The molecule has 0 aliphatic heterocycles. The largest absolute Gasteiger partial charge is 0.465 e. The number of rotatable bonds is 4. The van der Waals surface area contributed by atoms with E-state index < -0.39 is 5.97 Å². The first-order valence-electron chi connectivity index (χ1n) is 5.58. The number of hydrogen-bond donors (Lipinski definition) is 1. The maximum Gasteiger partial charge on any atom is 0.337 e. The standard InChI is InChI=1S/C13H17N3O2/c1-9(7-14)8-16(2)12-5-4-10(6-11(12)15)13(17)18-3/h4-6,9H,8,15H2,1-3H3. The van der Waals surface area contributed by atoms with Crippen LogP contribution in [0.15, 0.2) is 18.2 Å². The molecular formula is C13H17N3O2. The summed E-state index contributed by atoms with van der Waals surface area (Å²) in [6, 6.07) is 7.16. The van der Waals surface area contributed by atoms with Gasteiger partial charge in [-0.25, -0.2) is 4.79 Å².